The van der Waals surface area contributed by atoms with Crippen molar-refractivity contribution in [2.75, 3.05) is 39.3 Å². The van der Waals surface area contributed by atoms with Crippen molar-refractivity contribution < 1.29 is 24.9 Å². The van der Waals surface area contributed by atoms with E-state index in [1.54, 1.807) is 32.9 Å². The van der Waals surface area contributed by atoms with Gasteiger partial charge in [0.25, 0.3) is 0 Å². The Labute approximate surface area is 257 Å². The summed E-state index contributed by atoms with van der Waals surface area (Å²) in [6.07, 6.45) is 12.7. The van der Waals surface area contributed by atoms with Gasteiger partial charge in [-0.05, 0) is 56.8 Å². The van der Waals surface area contributed by atoms with Crippen LogP contribution in [0.3, 0.4) is 0 Å². The van der Waals surface area contributed by atoms with Gasteiger partial charge >= 0.3 is 0 Å². The second-order valence-electron chi connectivity index (χ2n) is 11.7. The number of carbonyl (C=O) groups excluding carboxylic acids is 2. The number of aliphatic hydroxyl groups excluding tert-OH is 1. The van der Waals surface area contributed by atoms with E-state index in [1.165, 1.54) is 38.5 Å². The summed E-state index contributed by atoms with van der Waals surface area (Å²) in [5.74, 6) is -0.172. The van der Waals surface area contributed by atoms with Gasteiger partial charge in [-0.1, -0.05) is 81.0 Å². The number of carbonyl (C=O) groups is 2. The summed E-state index contributed by atoms with van der Waals surface area (Å²) >= 11 is 0. The Balaban J connectivity index is 1.51. The number of phenols is 2. The average Bonchev–Trinajstić information content (AvgIpc) is 3.03. The number of aromatic hydroxyl groups is 2. The number of phenolic OH excluding ortho intramolecular Hbond substituents is 2. The summed E-state index contributed by atoms with van der Waals surface area (Å²) in [5, 5.41) is 32.7. The van der Waals surface area contributed by atoms with Gasteiger partial charge in [0.2, 0.25) is 11.8 Å². The van der Waals surface area contributed by atoms with Gasteiger partial charge in [0.15, 0.2) is 0 Å². The van der Waals surface area contributed by atoms with Crippen LogP contribution in [0.1, 0.15) is 91.6 Å². The van der Waals surface area contributed by atoms with E-state index in [2.05, 4.69) is 10.2 Å². The van der Waals surface area contributed by atoms with Gasteiger partial charge in [0.05, 0.1) is 0 Å². The molecule has 1 fully saturated rings. The van der Waals surface area contributed by atoms with Gasteiger partial charge in [-0.2, -0.15) is 0 Å². The number of nitrogens with one attached hydrogen (secondary N) is 1. The molecule has 1 aliphatic rings. The average molecular weight is 594 g/mol. The molecule has 0 bridgehead atoms. The fourth-order valence-electron chi connectivity index (χ4n) is 5.67. The number of rotatable bonds is 16. The normalized spacial score (nSPS) is 14.7. The number of aliphatic hydroxyl groups is 1. The highest BCUT2D eigenvalue weighted by Gasteiger charge is 2.29. The van der Waals surface area contributed by atoms with Crippen LogP contribution in [0.15, 0.2) is 36.4 Å². The lowest BCUT2D eigenvalue weighted by atomic mass is 9.97. The van der Waals surface area contributed by atoms with E-state index in [1.807, 2.05) is 35.2 Å². The van der Waals surface area contributed by atoms with Crippen molar-refractivity contribution in [1.29, 1.82) is 0 Å². The minimum Gasteiger partial charge on any atom is -0.507 e. The maximum atomic E-state index is 13.7. The largest absolute Gasteiger partial charge is 0.507 e. The molecule has 2 aromatic carbocycles. The van der Waals surface area contributed by atoms with Gasteiger partial charge in [-0.25, -0.2) is 0 Å². The second kappa shape index (κ2) is 17.7. The summed E-state index contributed by atoms with van der Waals surface area (Å²) in [5.41, 5.74) is 3.02. The van der Waals surface area contributed by atoms with E-state index in [0.717, 1.165) is 38.0 Å². The van der Waals surface area contributed by atoms with E-state index in [9.17, 15) is 19.8 Å². The van der Waals surface area contributed by atoms with Crippen LogP contribution in [-0.4, -0.2) is 76.3 Å². The van der Waals surface area contributed by atoms with Crippen LogP contribution in [0.25, 0.3) is 6.08 Å². The molecule has 2 aromatic rings. The molecule has 2 amide bonds. The number of benzene rings is 2. The Kier molecular flexibility index (Phi) is 14.0. The Morgan fingerprint density at radius 1 is 0.814 bits per heavy atom. The third-order valence-corrected chi connectivity index (χ3v) is 8.63. The maximum absolute atomic E-state index is 13.7. The molecule has 8 heteroatoms. The lowest BCUT2D eigenvalue weighted by molar-refractivity contribution is -0.138. The van der Waals surface area contributed by atoms with Crippen LogP contribution in [0.2, 0.25) is 0 Å². The molecule has 0 aromatic heterocycles. The molecule has 1 atom stereocenters. The van der Waals surface area contributed by atoms with Gasteiger partial charge in [0, 0.05) is 50.3 Å². The standard InChI is InChI=1S/C35H51N3O5/c1-26-27(2)34(42)30(28(3)33(26)41)18-15-19-31(40)36-32(29-16-11-10-12-17-29)35(43)38-23-21-37(22-24-38)20-13-8-6-4-5-7-9-14-25-39/h10-12,15-18,32,39,41-42H,4-9,13-14,19-25H2,1-3H3,(H,36,40). The Bertz CT molecular complexity index is 1180. The first-order valence-corrected chi connectivity index (χ1v) is 15.9. The topological polar surface area (TPSA) is 113 Å². The van der Waals surface area contributed by atoms with Crippen molar-refractivity contribution in [3.05, 3.63) is 64.2 Å². The van der Waals surface area contributed by atoms with Gasteiger partial charge < -0.3 is 25.5 Å². The lowest BCUT2D eigenvalue weighted by Crippen LogP contribution is -2.52. The Morgan fingerprint density at radius 2 is 1.40 bits per heavy atom. The van der Waals surface area contributed by atoms with Crippen LogP contribution >= 0.6 is 0 Å². The first-order chi connectivity index (χ1) is 20.7. The van der Waals surface area contributed by atoms with Gasteiger partial charge in [-0.3, -0.25) is 14.5 Å². The fraction of sp³-hybridized carbons (Fsp3) is 0.543. The molecule has 1 unspecified atom stereocenters. The second-order valence-corrected chi connectivity index (χ2v) is 11.7. The molecular formula is C35H51N3O5. The number of piperazine rings is 1. The van der Waals surface area contributed by atoms with Crippen LogP contribution in [-0.2, 0) is 9.59 Å². The van der Waals surface area contributed by atoms with Crippen molar-refractivity contribution >= 4 is 17.9 Å². The lowest BCUT2D eigenvalue weighted by Gasteiger charge is -2.36. The zero-order valence-electron chi connectivity index (χ0n) is 26.3. The third-order valence-electron chi connectivity index (χ3n) is 8.63. The first kappa shape index (κ1) is 34.1. The Hall–Kier alpha value is -3.36. The van der Waals surface area contributed by atoms with Crippen LogP contribution in [0, 0.1) is 20.8 Å². The molecule has 236 valence electrons. The quantitative estimate of drug-likeness (QED) is 0.150. The molecule has 1 saturated heterocycles. The van der Waals surface area contributed by atoms with Crippen LogP contribution in [0.5, 0.6) is 11.5 Å². The van der Waals surface area contributed by atoms with E-state index in [-0.39, 0.29) is 29.7 Å². The van der Waals surface area contributed by atoms with Crippen molar-refractivity contribution in [3.8, 4) is 11.5 Å². The van der Waals surface area contributed by atoms with E-state index in [0.29, 0.717) is 42.0 Å². The van der Waals surface area contributed by atoms with Crippen LogP contribution < -0.4 is 5.32 Å². The number of hydrogen-bond acceptors (Lipinski definition) is 6. The number of nitrogens with zero attached hydrogens (tertiary/aromatic N) is 2. The number of hydrogen-bond donors (Lipinski definition) is 4. The molecule has 43 heavy (non-hydrogen) atoms. The molecule has 3 rings (SSSR count). The molecular weight excluding hydrogens is 542 g/mol. The zero-order valence-corrected chi connectivity index (χ0v) is 26.3. The first-order valence-electron chi connectivity index (χ1n) is 15.9. The molecule has 4 N–H and O–H groups in total. The highest BCUT2D eigenvalue weighted by molar-refractivity contribution is 5.89. The summed E-state index contributed by atoms with van der Waals surface area (Å²) in [6, 6.07) is 8.58. The minimum atomic E-state index is -0.771. The van der Waals surface area contributed by atoms with Crippen molar-refractivity contribution in [3.63, 3.8) is 0 Å². The molecule has 0 spiro atoms. The highest BCUT2D eigenvalue weighted by Crippen LogP contribution is 2.37. The highest BCUT2D eigenvalue weighted by atomic mass is 16.3. The predicted octanol–water partition coefficient (Wildman–Crippen LogP) is 5.54. The Morgan fingerprint density at radius 3 is 2.02 bits per heavy atom. The van der Waals surface area contributed by atoms with E-state index < -0.39 is 6.04 Å². The van der Waals surface area contributed by atoms with Crippen molar-refractivity contribution in [1.82, 2.24) is 15.1 Å². The molecule has 1 aliphatic heterocycles. The van der Waals surface area contributed by atoms with Gasteiger partial charge in [0.1, 0.15) is 17.5 Å². The van der Waals surface area contributed by atoms with Crippen molar-refractivity contribution in [2.45, 2.75) is 84.6 Å². The zero-order chi connectivity index (χ0) is 31.2. The molecule has 8 nitrogen and oxygen atoms in total. The molecule has 1 heterocycles. The number of unbranched alkanes of at least 4 members (excludes halogenated alkanes) is 7. The fourth-order valence-corrected chi connectivity index (χ4v) is 5.67. The summed E-state index contributed by atoms with van der Waals surface area (Å²) in [7, 11) is 0. The number of amides is 2. The predicted molar refractivity (Wildman–Crippen MR) is 172 cm³/mol. The third kappa shape index (κ3) is 10.1. The van der Waals surface area contributed by atoms with Crippen molar-refractivity contribution in [2.24, 2.45) is 0 Å². The summed E-state index contributed by atoms with van der Waals surface area (Å²) in [4.78, 5) is 31.0. The van der Waals surface area contributed by atoms with E-state index >= 15 is 0 Å². The molecule has 0 radical (unpaired) electrons. The SMILES string of the molecule is Cc1c(C)c(O)c(C=CCC(=O)NC(C(=O)N2CCN(CCCCCCCCCCO)CC2)c2ccccc2)c(C)c1O. The summed E-state index contributed by atoms with van der Waals surface area (Å²) < 4.78 is 0. The maximum Gasteiger partial charge on any atom is 0.249 e. The minimum absolute atomic E-state index is 0.0274. The molecule has 0 aliphatic carbocycles. The monoisotopic (exact) mass is 593 g/mol. The summed E-state index contributed by atoms with van der Waals surface area (Å²) in [6.45, 7) is 9.51. The van der Waals surface area contributed by atoms with E-state index in [4.69, 9.17) is 5.11 Å². The smallest absolute Gasteiger partial charge is 0.249 e. The van der Waals surface area contributed by atoms with Crippen LogP contribution in [0.4, 0.5) is 0 Å². The molecule has 0 saturated carbocycles. The van der Waals surface area contributed by atoms with Gasteiger partial charge in [-0.15, -0.1) is 0 Å².